The van der Waals surface area contributed by atoms with Crippen LogP contribution in [0.4, 0.5) is 5.69 Å². The van der Waals surface area contributed by atoms with E-state index in [2.05, 4.69) is 5.32 Å². The maximum absolute atomic E-state index is 11.6. The van der Waals surface area contributed by atoms with Gasteiger partial charge in [-0.15, -0.1) is 0 Å². The number of nitrogens with one attached hydrogen (secondary N) is 1. The molecular weight excluding hydrogens is 232 g/mol. The van der Waals surface area contributed by atoms with E-state index in [0.717, 1.165) is 11.3 Å². The molecule has 0 aliphatic rings. The van der Waals surface area contributed by atoms with Gasteiger partial charge in [-0.1, -0.05) is 12.1 Å². The number of amides is 1. The maximum atomic E-state index is 11.6. The van der Waals surface area contributed by atoms with Crippen LogP contribution in [0.3, 0.4) is 0 Å². The zero-order valence-corrected chi connectivity index (χ0v) is 10.6. The van der Waals surface area contributed by atoms with E-state index in [1.807, 2.05) is 43.0 Å². The number of carboxylic acid groups (broad SMARTS) is 1. The minimum absolute atomic E-state index is 0.160. The molecule has 18 heavy (non-hydrogen) atoms. The number of benzene rings is 1. The Hall–Kier alpha value is -2.04. The molecule has 1 rings (SSSR count). The fourth-order valence-corrected chi connectivity index (χ4v) is 1.61. The lowest BCUT2D eigenvalue weighted by molar-refractivity contribution is -0.137. The molecule has 0 atom stereocenters. The second kappa shape index (κ2) is 6.64. The number of hydrogen-bond donors (Lipinski definition) is 2. The molecule has 2 N–H and O–H groups in total. The lowest BCUT2D eigenvalue weighted by atomic mass is 10.2. The number of aliphatic carboxylic acids is 1. The molecule has 0 aromatic heterocycles. The van der Waals surface area contributed by atoms with Crippen LogP contribution in [0.5, 0.6) is 0 Å². The highest BCUT2D eigenvalue weighted by Gasteiger charge is 2.10. The van der Waals surface area contributed by atoms with E-state index >= 15 is 0 Å². The second-order valence-electron chi connectivity index (χ2n) is 4.02. The number of likely N-dealkylation sites (N-methyl/N-ethyl adjacent to an activating group) is 1. The Morgan fingerprint density at radius 2 is 2.11 bits per heavy atom. The van der Waals surface area contributed by atoms with Crippen molar-refractivity contribution < 1.29 is 14.7 Å². The predicted molar refractivity (Wildman–Crippen MR) is 69.7 cm³/mol. The maximum Gasteiger partial charge on any atom is 0.322 e. The van der Waals surface area contributed by atoms with Crippen molar-refractivity contribution in [1.82, 2.24) is 5.32 Å². The molecule has 0 bridgehead atoms. The Balaban J connectivity index is 2.62. The van der Waals surface area contributed by atoms with Gasteiger partial charge in [-0.2, -0.15) is 0 Å². The SMILES string of the molecule is CCN(CC(=O)NCC(=O)O)c1cccc(C)c1. The highest BCUT2D eigenvalue weighted by molar-refractivity contribution is 5.84. The van der Waals surface area contributed by atoms with Crippen LogP contribution >= 0.6 is 0 Å². The number of rotatable bonds is 6. The van der Waals surface area contributed by atoms with E-state index in [1.54, 1.807) is 0 Å². The highest BCUT2D eigenvalue weighted by atomic mass is 16.4. The van der Waals surface area contributed by atoms with Crippen LogP contribution in [0.2, 0.25) is 0 Å². The minimum Gasteiger partial charge on any atom is -0.480 e. The third-order valence-electron chi connectivity index (χ3n) is 2.52. The molecule has 0 saturated heterocycles. The normalized spacial score (nSPS) is 9.89. The summed E-state index contributed by atoms with van der Waals surface area (Å²) in [5.41, 5.74) is 2.08. The van der Waals surface area contributed by atoms with E-state index < -0.39 is 5.97 Å². The summed E-state index contributed by atoms with van der Waals surface area (Å²) in [5.74, 6) is -1.33. The third-order valence-corrected chi connectivity index (χ3v) is 2.52. The van der Waals surface area contributed by atoms with Crippen molar-refractivity contribution in [3.63, 3.8) is 0 Å². The van der Waals surface area contributed by atoms with E-state index in [1.165, 1.54) is 0 Å². The summed E-state index contributed by atoms with van der Waals surface area (Å²) in [7, 11) is 0. The van der Waals surface area contributed by atoms with Crippen LogP contribution in [-0.2, 0) is 9.59 Å². The Labute approximate surface area is 106 Å². The van der Waals surface area contributed by atoms with Crippen molar-refractivity contribution in [2.75, 3.05) is 24.5 Å². The molecule has 1 aromatic rings. The Kier molecular flexibility index (Phi) is 5.17. The van der Waals surface area contributed by atoms with Crippen molar-refractivity contribution in [3.05, 3.63) is 29.8 Å². The van der Waals surface area contributed by atoms with Gasteiger partial charge in [-0.3, -0.25) is 9.59 Å². The van der Waals surface area contributed by atoms with Gasteiger partial charge in [0.1, 0.15) is 6.54 Å². The van der Waals surface area contributed by atoms with Gasteiger partial charge in [-0.05, 0) is 31.5 Å². The largest absolute Gasteiger partial charge is 0.480 e. The summed E-state index contributed by atoms with van der Waals surface area (Å²) in [6, 6.07) is 7.85. The molecular formula is C13H18N2O3. The highest BCUT2D eigenvalue weighted by Crippen LogP contribution is 2.15. The van der Waals surface area contributed by atoms with Gasteiger partial charge in [0.05, 0.1) is 6.54 Å². The molecule has 98 valence electrons. The van der Waals surface area contributed by atoms with Gasteiger partial charge in [0.2, 0.25) is 5.91 Å². The first kappa shape index (κ1) is 14.0. The van der Waals surface area contributed by atoms with E-state index in [9.17, 15) is 9.59 Å². The molecule has 0 radical (unpaired) electrons. The number of carbonyl (C=O) groups excluding carboxylic acids is 1. The Morgan fingerprint density at radius 1 is 1.39 bits per heavy atom. The van der Waals surface area contributed by atoms with E-state index in [0.29, 0.717) is 6.54 Å². The monoisotopic (exact) mass is 250 g/mol. The number of hydrogen-bond acceptors (Lipinski definition) is 3. The first-order valence-electron chi connectivity index (χ1n) is 5.83. The molecule has 0 aliphatic carbocycles. The second-order valence-corrected chi connectivity index (χ2v) is 4.02. The first-order valence-corrected chi connectivity index (χ1v) is 5.83. The number of carbonyl (C=O) groups is 2. The van der Waals surface area contributed by atoms with Crippen LogP contribution in [-0.4, -0.2) is 36.6 Å². The zero-order chi connectivity index (χ0) is 13.5. The van der Waals surface area contributed by atoms with Gasteiger partial charge >= 0.3 is 5.97 Å². The topological polar surface area (TPSA) is 69.6 Å². The standard InChI is InChI=1S/C13H18N2O3/c1-3-15(9-12(16)14-8-13(17)18)11-6-4-5-10(2)7-11/h4-7H,3,8-9H2,1-2H3,(H,14,16)(H,17,18). The molecule has 1 amide bonds. The molecule has 0 fully saturated rings. The summed E-state index contributed by atoms with van der Waals surface area (Å²) in [6.07, 6.45) is 0. The van der Waals surface area contributed by atoms with Crippen molar-refractivity contribution in [3.8, 4) is 0 Å². The summed E-state index contributed by atoms with van der Waals surface area (Å²) < 4.78 is 0. The van der Waals surface area contributed by atoms with Crippen LogP contribution in [0.25, 0.3) is 0 Å². The molecule has 0 aliphatic heterocycles. The smallest absolute Gasteiger partial charge is 0.322 e. The zero-order valence-electron chi connectivity index (χ0n) is 10.6. The molecule has 0 saturated carbocycles. The van der Waals surface area contributed by atoms with Crippen molar-refractivity contribution in [2.45, 2.75) is 13.8 Å². The molecule has 0 unspecified atom stereocenters. The van der Waals surface area contributed by atoms with Gasteiger partial charge in [0, 0.05) is 12.2 Å². The number of nitrogens with zero attached hydrogens (tertiary/aromatic N) is 1. The quantitative estimate of drug-likeness (QED) is 0.791. The van der Waals surface area contributed by atoms with Crippen molar-refractivity contribution in [1.29, 1.82) is 0 Å². The van der Waals surface area contributed by atoms with Crippen LogP contribution < -0.4 is 10.2 Å². The Bertz CT molecular complexity index is 432. The number of anilines is 1. The van der Waals surface area contributed by atoms with Crippen molar-refractivity contribution in [2.24, 2.45) is 0 Å². The molecule has 0 spiro atoms. The lowest BCUT2D eigenvalue weighted by Gasteiger charge is -2.22. The number of aryl methyl sites for hydroxylation is 1. The van der Waals surface area contributed by atoms with Crippen LogP contribution in [0, 0.1) is 6.92 Å². The average Bonchev–Trinajstić information content (AvgIpc) is 2.33. The fraction of sp³-hybridized carbons (Fsp3) is 0.385. The lowest BCUT2D eigenvalue weighted by Crippen LogP contribution is -2.39. The van der Waals surface area contributed by atoms with E-state index in [4.69, 9.17) is 5.11 Å². The summed E-state index contributed by atoms with van der Waals surface area (Å²) in [6.45, 7) is 4.44. The molecule has 5 heteroatoms. The third kappa shape index (κ3) is 4.45. The summed E-state index contributed by atoms with van der Waals surface area (Å²) in [4.78, 5) is 23.8. The van der Waals surface area contributed by atoms with Gasteiger partial charge < -0.3 is 15.3 Å². The van der Waals surface area contributed by atoms with Gasteiger partial charge in [0.15, 0.2) is 0 Å². The first-order chi connectivity index (χ1) is 8.52. The molecule has 5 nitrogen and oxygen atoms in total. The minimum atomic E-state index is -1.04. The fourth-order valence-electron chi connectivity index (χ4n) is 1.61. The summed E-state index contributed by atoms with van der Waals surface area (Å²) in [5, 5.41) is 10.8. The van der Waals surface area contributed by atoms with Gasteiger partial charge in [-0.25, -0.2) is 0 Å². The van der Waals surface area contributed by atoms with Gasteiger partial charge in [0.25, 0.3) is 0 Å². The summed E-state index contributed by atoms with van der Waals surface area (Å²) >= 11 is 0. The predicted octanol–water partition coefficient (Wildman–Crippen LogP) is 1.02. The molecule has 1 aromatic carbocycles. The number of carboxylic acids is 1. The Morgan fingerprint density at radius 3 is 2.67 bits per heavy atom. The molecule has 0 heterocycles. The van der Waals surface area contributed by atoms with Crippen LogP contribution in [0.1, 0.15) is 12.5 Å². The average molecular weight is 250 g/mol. The van der Waals surface area contributed by atoms with E-state index in [-0.39, 0.29) is 19.0 Å². The van der Waals surface area contributed by atoms with Crippen LogP contribution in [0.15, 0.2) is 24.3 Å². The van der Waals surface area contributed by atoms with Crippen molar-refractivity contribution >= 4 is 17.6 Å².